The average Bonchev–Trinajstić information content (AvgIpc) is 2.29. The van der Waals surface area contributed by atoms with Crippen molar-refractivity contribution in [2.24, 2.45) is 0 Å². The van der Waals surface area contributed by atoms with Gasteiger partial charge in [-0.15, -0.1) is 0 Å². The fraction of sp³-hybridized carbons (Fsp3) is 0.462. The van der Waals surface area contributed by atoms with Crippen LogP contribution in [0.5, 0.6) is 0 Å². The molecule has 16 heavy (non-hydrogen) atoms. The van der Waals surface area contributed by atoms with Gasteiger partial charge in [-0.05, 0) is 30.0 Å². The van der Waals surface area contributed by atoms with Crippen LogP contribution in [0.4, 0.5) is 0 Å². The fourth-order valence-electron chi connectivity index (χ4n) is 2.22. The van der Waals surface area contributed by atoms with E-state index in [0.29, 0.717) is 6.42 Å². The first-order valence-corrected chi connectivity index (χ1v) is 5.58. The number of hydrogen-bond acceptors (Lipinski definition) is 3. The summed E-state index contributed by atoms with van der Waals surface area (Å²) < 4.78 is 4.69. The second kappa shape index (κ2) is 4.66. The molecule has 1 heterocycles. The minimum atomic E-state index is -0.145. The number of carbonyl (C=O) groups is 1. The van der Waals surface area contributed by atoms with Gasteiger partial charge in [-0.3, -0.25) is 4.79 Å². The Morgan fingerprint density at radius 2 is 2.38 bits per heavy atom. The molecule has 1 aromatic rings. The maximum atomic E-state index is 11.2. The second-order valence-corrected chi connectivity index (χ2v) is 4.27. The van der Waals surface area contributed by atoms with Crippen LogP contribution in [0, 0.1) is 6.92 Å². The van der Waals surface area contributed by atoms with Crippen LogP contribution >= 0.6 is 0 Å². The monoisotopic (exact) mass is 219 g/mol. The largest absolute Gasteiger partial charge is 0.469 e. The third-order valence-corrected chi connectivity index (χ3v) is 3.18. The van der Waals surface area contributed by atoms with Crippen LogP contribution in [-0.2, 0) is 22.5 Å². The number of carbonyl (C=O) groups excluding carboxylic acids is 1. The Morgan fingerprint density at radius 3 is 3.12 bits per heavy atom. The molecule has 0 bridgehead atoms. The van der Waals surface area contributed by atoms with Gasteiger partial charge >= 0.3 is 5.97 Å². The highest BCUT2D eigenvalue weighted by molar-refractivity contribution is 5.70. The van der Waals surface area contributed by atoms with Crippen molar-refractivity contribution in [2.45, 2.75) is 32.4 Å². The van der Waals surface area contributed by atoms with Gasteiger partial charge in [-0.2, -0.15) is 0 Å². The smallest absolute Gasteiger partial charge is 0.307 e. The highest BCUT2D eigenvalue weighted by atomic mass is 16.5. The molecule has 0 spiro atoms. The predicted octanol–water partition coefficient (Wildman–Crippen LogP) is 1.57. The molecular weight excluding hydrogens is 202 g/mol. The Morgan fingerprint density at radius 1 is 1.56 bits per heavy atom. The van der Waals surface area contributed by atoms with E-state index in [1.165, 1.54) is 23.8 Å². The number of fused-ring (bicyclic) bond motifs is 1. The van der Waals surface area contributed by atoms with E-state index < -0.39 is 0 Å². The Balaban J connectivity index is 2.09. The van der Waals surface area contributed by atoms with Gasteiger partial charge in [0.15, 0.2) is 0 Å². The third kappa shape index (κ3) is 2.25. The van der Waals surface area contributed by atoms with E-state index in [-0.39, 0.29) is 12.0 Å². The molecule has 3 heteroatoms. The van der Waals surface area contributed by atoms with E-state index >= 15 is 0 Å². The summed E-state index contributed by atoms with van der Waals surface area (Å²) in [5.41, 5.74) is 4.05. The van der Waals surface area contributed by atoms with E-state index in [2.05, 4.69) is 35.2 Å². The number of nitrogens with one attached hydrogen (secondary N) is 1. The number of esters is 1. The average molecular weight is 219 g/mol. The van der Waals surface area contributed by atoms with Gasteiger partial charge in [0.1, 0.15) is 0 Å². The molecule has 1 aliphatic heterocycles. The molecule has 0 saturated heterocycles. The van der Waals surface area contributed by atoms with Gasteiger partial charge in [0.25, 0.3) is 0 Å². The van der Waals surface area contributed by atoms with Gasteiger partial charge in [-0.25, -0.2) is 0 Å². The lowest BCUT2D eigenvalue weighted by molar-refractivity contribution is -0.141. The number of ether oxygens (including phenoxy) is 1. The first-order chi connectivity index (χ1) is 7.70. The molecule has 0 radical (unpaired) electrons. The molecule has 86 valence electrons. The van der Waals surface area contributed by atoms with Crippen LogP contribution in [-0.4, -0.2) is 19.1 Å². The maximum absolute atomic E-state index is 11.2. The van der Waals surface area contributed by atoms with Crippen molar-refractivity contribution in [3.8, 4) is 0 Å². The lowest BCUT2D eigenvalue weighted by Gasteiger charge is -2.26. The number of hydrogen-bond donors (Lipinski definition) is 1. The quantitative estimate of drug-likeness (QED) is 0.767. The van der Waals surface area contributed by atoms with Crippen molar-refractivity contribution >= 4 is 5.97 Å². The zero-order chi connectivity index (χ0) is 11.5. The summed E-state index contributed by atoms with van der Waals surface area (Å²) in [5.74, 6) is -0.145. The van der Waals surface area contributed by atoms with Crippen molar-refractivity contribution in [3.63, 3.8) is 0 Å². The van der Waals surface area contributed by atoms with Gasteiger partial charge in [0.2, 0.25) is 0 Å². The Bertz CT molecular complexity index is 401. The van der Waals surface area contributed by atoms with Crippen molar-refractivity contribution < 1.29 is 9.53 Å². The first kappa shape index (κ1) is 11.1. The molecule has 0 fully saturated rings. The van der Waals surface area contributed by atoms with Crippen LogP contribution in [0.3, 0.4) is 0 Å². The Kier molecular flexibility index (Phi) is 3.25. The third-order valence-electron chi connectivity index (χ3n) is 3.18. The summed E-state index contributed by atoms with van der Waals surface area (Å²) in [6.07, 6.45) is 1.36. The number of methoxy groups -OCH3 is 1. The van der Waals surface area contributed by atoms with Gasteiger partial charge in [0, 0.05) is 12.6 Å². The van der Waals surface area contributed by atoms with Crippen LogP contribution in [0.1, 0.15) is 23.1 Å². The van der Waals surface area contributed by atoms with Gasteiger partial charge in [0.05, 0.1) is 13.5 Å². The molecule has 0 saturated carbocycles. The summed E-state index contributed by atoms with van der Waals surface area (Å²) in [7, 11) is 1.43. The molecule has 3 nitrogen and oxygen atoms in total. The minimum absolute atomic E-state index is 0.145. The topological polar surface area (TPSA) is 38.3 Å². The molecule has 2 rings (SSSR count). The van der Waals surface area contributed by atoms with Crippen molar-refractivity contribution in [1.29, 1.82) is 0 Å². The summed E-state index contributed by atoms with van der Waals surface area (Å²) >= 11 is 0. The van der Waals surface area contributed by atoms with E-state index in [4.69, 9.17) is 0 Å². The molecule has 1 aliphatic rings. The zero-order valence-electron chi connectivity index (χ0n) is 9.75. The molecular formula is C13H17NO2. The molecule has 1 unspecified atom stereocenters. The first-order valence-electron chi connectivity index (χ1n) is 5.58. The van der Waals surface area contributed by atoms with E-state index in [9.17, 15) is 4.79 Å². The predicted molar refractivity (Wildman–Crippen MR) is 62.1 cm³/mol. The molecule has 0 aliphatic carbocycles. The summed E-state index contributed by atoms with van der Waals surface area (Å²) in [6, 6.07) is 6.56. The second-order valence-electron chi connectivity index (χ2n) is 4.27. The van der Waals surface area contributed by atoms with E-state index in [1.54, 1.807) is 0 Å². The summed E-state index contributed by atoms with van der Waals surface area (Å²) in [6.45, 7) is 2.98. The fourth-order valence-corrected chi connectivity index (χ4v) is 2.22. The van der Waals surface area contributed by atoms with E-state index in [0.717, 1.165) is 13.0 Å². The normalized spacial score (nSPS) is 19.0. The highest BCUT2D eigenvalue weighted by Crippen LogP contribution is 2.21. The number of rotatable bonds is 2. The van der Waals surface area contributed by atoms with Crippen molar-refractivity contribution in [1.82, 2.24) is 5.32 Å². The molecule has 1 N–H and O–H groups in total. The SMILES string of the molecule is COC(=O)CC1Cc2cccc(C)c2CN1. The highest BCUT2D eigenvalue weighted by Gasteiger charge is 2.21. The number of benzene rings is 1. The van der Waals surface area contributed by atoms with Crippen LogP contribution in [0.2, 0.25) is 0 Å². The maximum Gasteiger partial charge on any atom is 0.307 e. The van der Waals surface area contributed by atoms with Gasteiger partial charge in [-0.1, -0.05) is 18.2 Å². The van der Waals surface area contributed by atoms with Crippen molar-refractivity contribution in [3.05, 3.63) is 34.9 Å². The molecule has 1 aromatic carbocycles. The minimum Gasteiger partial charge on any atom is -0.469 e. The van der Waals surface area contributed by atoms with Crippen LogP contribution < -0.4 is 5.32 Å². The summed E-state index contributed by atoms with van der Waals surface area (Å²) in [5, 5.41) is 3.38. The molecule has 1 atom stereocenters. The lowest BCUT2D eigenvalue weighted by atomic mass is 9.91. The van der Waals surface area contributed by atoms with Gasteiger partial charge < -0.3 is 10.1 Å². The lowest BCUT2D eigenvalue weighted by Crippen LogP contribution is -2.37. The zero-order valence-corrected chi connectivity index (χ0v) is 9.75. The number of aryl methyl sites for hydroxylation is 1. The summed E-state index contributed by atoms with van der Waals surface area (Å²) in [4.78, 5) is 11.2. The van der Waals surface area contributed by atoms with Crippen LogP contribution in [0.15, 0.2) is 18.2 Å². The van der Waals surface area contributed by atoms with Crippen LogP contribution in [0.25, 0.3) is 0 Å². The molecule has 0 amide bonds. The standard InChI is InChI=1S/C13H17NO2/c1-9-4-3-5-10-6-11(7-13(15)16-2)14-8-12(9)10/h3-5,11,14H,6-8H2,1-2H3. The van der Waals surface area contributed by atoms with E-state index in [1.807, 2.05) is 0 Å². The van der Waals surface area contributed by atoms with Crippen molar-refractivity contribution in [2.75, 3.05) is 7.11 Å². The Labute approximate surface area is 95.8 Å². The molecule has 0 aromatic heterocycles. The Hall–Kier alpha value is -1.35.